The number of sulfonamides is 1. The van der Waals surface area contributed by atoms with Gasteiger partial charge in [-0.05, 0) is 60.2 Å². The predicted molar refractivity (Wildman–Crippen MR) is 87.0 cm³/mol. The molecule has 0 radical (unpaired) electrons. The number of rotatable bonds is 5. The van der Waals surface area contributed by atoms with Gasteiger partial charge < -0.3 is 0 Å². The molecule has 0 aliphatic heterocycles. The molecule has 126 valence electrons. The van der Waals surface area contributed by atoms with Crippen LogP contribution in [0.15, 0.2) is 47.4 Å². The summed E-state index contributed by atoms with van der Waals surface area (Å²) in [5, 5.41) is 0. The Morgan fingerprint density at radius 1 is 1.04 bits per heavy atom. The minimum Gasteiger partial charge on any atom is -0.277 e. The summed E-state index contributed by atoms with van der Waals surface area (Å²) in [7, 11) is -3.82. The lowest BCUT2D eigenvalue weighted by molar-refractivity contribution is -0.120. The molecule has 24 heavy (non-hydrogen) atoms. The molecular weight excluding hydrogens is 331 g/mol. The smallest absolute Gasteiger partial charge is 0.257 e. The first-order chi connectivity index (χ1) is 11.4. The van der Waals surface area contributed by atoms with Crippen LogP contribution < -0.4 is 10.3 Å². The average molecular weight is 348 g/mol. The number of hydrogen-bond acceptors (Lipinski definition) is 3. The molecule has 0 atom stereocenters. The lowest BCUT2D eigenvalue weighted by Crippen LogP contribution is -2.42. The zero-order chi connectivity index (χ0) is 17.2. The Balaban J connectivity index is 1.62. The normalized spacial score (nSPS) is 13.5. The third-order valence-electron chi connectivity index (χ3n) is 3.98. The fourth-order valence-corrected chi connectivity index (χ4v) is 3.64. The number of halogens is 1. The Morgan fingerprint density at radius 2 is 1.75 bits per heavy atom. The van der Waals surface area contributed by atoms with E-state index in [0.717, 1.165) is 24.8 Å². The van der Waals surface area contributed by atoms with E-state index < -0.39 is 21.7 Å². The van der Waals surface area contributed by atoms with Crippen molar-refractivity contribution in [2.45, 2.75) is 30.6 Å². The van der Waals surface area contributed by atoms with E-state index in [1.165, 1.54) is 29.8 Å². The van der Waals surface area contributed by atoms with Crippen LogP contribution in [-0.2, 0) is 34.1 Å². The Bertz CT molecular complexity index is 864. The molecule has 0 fully saturated rings. The largest absolute Gasteiger partial charge is 0.277 e. The first-order valence-electron chi connectivity index (χ1n) is 7.61. The highest BCUT2D eigenvalue weighted by molar-refractivity contribution is 7.89. The minimum atomic E-state index is -3.82. The summed E-state index contributed by atoms with van der Waals surface area (Å²) >= 11 is 0. The van der Waals surface area contributed by atoms with Crippen molar-refractivity contribution in [2.24, 2.45) is 0 Å². The van der Waals surface area contributed by atoms with Gasteiger partial charge in [0.1, 0.15) is 5.82 Å². The van der Waals surface area contributed by atoms with Gasteiger partial charge in [-0.15, -0.1) is 4.83 Å². The molecule has 1 amide bonds. The second-order valence-corrected chi connectivity index (χ2v) is 7.42. The molecule has 5 nitrogen and oxygen atoms in total. The topological polar surface area (TPSA) is 75.3 Å². The second-order valence-electron chi connectivity index (χ2n) is 5.74. The van der Waals surface area contributed by atoms with E-state index in [1.807, 2.05) is 6.07 Å². The van der Waals surface area contributed by atoms with Crippen molar-refractivity contribution in [2.75, 3.05) is 0 Å². The van der Waals surface area contributed by atoms with E-state index in [9.17, 15) is 17.6 Å². The molecule has 0 unspecified atom stereocenters. The molecule has 1 aliphatic carbocycles. The van der Waals surface area contributed by atoms with E-state index in [0.29, 0.717) is 5.56 Å². The molecule has 0 bridgehead atoms. The van der Waals surface area contributed by atoms with E-state index in [-0.39, 0.29) is 11.3 Å². The highest BCUT2D eigenvalue weighted by Crippen LogP contribution is 2.24. The van der Waals surface area contributed by atoms with Crippen LogP contribution in [0.4, 0.5) is 4.39 Å². The molecule has 0 saturated carbocycles. The van der Waals surface area contributed by atoms with Crippen LogP contribution >= 0.6 is 0 Å². The fraction of sp³-hybridized carbons (Fsp3) is 0.235. The maximum atomic E-state index is 12.8. The number of carbonyl (C=O) groups is 1. The highest BCUT2D eigenvalue weighted by Gasteiger charge is 2.19. The van der Waals surface area contributed by atoms with Gasteiger partial charge in [-0.3, -0.25) is 10.2 Å². The molecule has 2 aromatic rings. The zero-order valence-electron chi connectivity index (χ0n) is 12.9. The number of amides is 1. The first-order valence-corrected chi connectivity index (χ1v) is 9.09. The number of nitrogens with one attached hydrogen (secondary N) is 2. The van der Waals surface area contributed by atoms with Gasteiger partial charge in [-0.2, -0.15) is 0 Å². The van der Waals surface area contributed by atoms with Crippen molar-refractivity contribution in [3.8, 4) is 0 Å². The Labute approximate surface area is 139 Å². The molecule has 7 heteroatoms. The Morgan fingerprint density at radius 3 is 2.50 bits per heavy atom. The summed E-state index contributed by atoms with van der Waals surface area (Å²) in [5.41, 5.74) is 4.98. The van der Waals surface area contributed by atoms with Crippen molar-refractivity contribution >= 4 is 15.9 Å². The molecule has 3 rings (SSSR count). The van der Waals surface area contributed by atoms with Gasteiger partial charge in [-0.1, -0.05) is 18.2 Å². The van der Waals surface area contributed by atoms with Crippen LogP contribution in [0.25, 0.3) is 0 Å². The minimum absolute atomic E-state index is 0.0486. The van der Waals surface area contributed by atoms with Crippen LogP contribution in [0.2, 0.25) is 0 Å². The second kappa shape index (κ2) is 6.70. The van der Waals surface area contributed by atoms with E-state index in [4.69, 9.17) is 0 Å². The van der Waals surface area contributed by atoms with Gasteiger partial charge in [0.05, 0.1) is 11.3 Å². The number of hydrazine groups is 1. The summed E-state index contributed by atoms with van der Waals surface area (Å²) in [6, 6.07) is 10.5. The van der Waals surface area contributed by atoms with E-state index in [1.54, 1.807) is 12.1 Å². The average Bonchev–Trinajstić information content (AvgIpc) is 3.03. The maximum Gasteiger partial charge on any atom is 0.257 e. The standard InChI is InChI=1S/C17H17FN2O3S/c18-15-7-4-12(5-8-15)10-17(21)19-20-24(22,23)16-9-6-13-2-1-3-14(13)11-16/h4-9,11,20H,1-3,10H2,(H,19,21). The van der Waals surface area contributed by atoms with Crippen molar-refractivity contribution in [1.29, 1.82) is 0 Å². The van der Waals surface area contributed by atoms with Gasteiger partial charge in [0.25, 0.3) is 10.0 Å². The Kier molecular flexibility index (Phi) is 4.64. The van der Waals surface area contributed by atoms with Gasteiger partial charge in [0, 0.05) is 0 Å². The molecule has 0 saturated heterocycles. The summed E-state index contributed by atoms with van der Waals surface area (Å²) in [4.78, 5) is 14.1. The molecule has 0 aromatic heterocycles. The van der Waals surface area contributed by atoms with Crippen molar-refractivity contribution in [3.63, 3.8) is 0 Å². The van der Waals surface area contributed by atoms with Gasteiger partial charge in [-0.25, -0.2) is 12.8 Å². The quantitative estimate of drug-likeness (QED) is 0.810. The van der Waals surface area contributed by atoms with Gasteiger partial charge in [0.15, 0.2) is 0 Å². The summed E-state index contributed by atoms with van der Waals surface area (Å²) in [6.07, 6.45) is 2.82. The van der Waals surface area contributed by atoms with Crippen LogP contribution in [-0.4, -0.2) is 14.3 Å². The lowest BCUT2D eigenvalue weighted by Gasteiger charge is -2.10. The lowest BCUT2D eigenvalue weighted by atomic mass is 10.1. The number of benzene rings is 2. The molecule has 0 spiro atoms. The third-order valence-corrected chi connectivity index (χ3v) is 5.23. The number of carbonyl (C=O) groups excluding carboxylic acids is 1. The van der Waals surface area contributed by atoms with Crippen molar-refractivity contribution in [3.05, 3.63) is 65.0 Å². The Hall–Kier alpha value is -2.25. The van der Waals surface area contributed by atoms with Crippen LogP contribution in [0.1, 0.15) is 23.1 Å². The highest BCUT2D eigenvalue weighted by atomic mass is 32.2. The summed E-state index contributed by atoms with van der Waals surface area (Å²) in [6.45, 7) is 0. The summed E-state index contributed by atoms with van der Waals surface area (Å²) < 4.78 is 37.3. The van der Waals surface area contributed by atoms with Crippen LogP contribution in [0, 0.1) is 5.82 Å². The van der Waals surface area contributed by atoms with E-state index in [2.05, 4.69) is 10.3 Å². The molecular formula is C17H17FN2O3S. The van der Waals surface area contributed by atoms with Crippen molar-refractivity contribution < 1.29 is 17.6 Å². The van der Waals surface area contributed by atoms with Crippen LogP contribution in [0.5, 0.6) is 0 Å². The summed E-state index contributed by atoms with van der Waals surface area (Å²) in [5.74, 6) is -0.914. The number of aryl methyl sites for hydroxylation is 2. The zero-order valence-corrected chi connectivity index (χ0v) is 13.7. The molecule has 1 aliphatic rings. The van der Waals surface area contributed by atoms with Gasteiger partial charge in [0.2, 0.25) is 5.91 Å². The fourth-order valence-electron chi connectivity index (χ4n) is 2.73. The number of hydrogen-bond donors (Lipinski definition) is 2. The van der Waals surface area contributed by atoms with E-state index >= 15 is 0 Å². The molecule has 0 heterocycles. The predicted octanol–water partition coefficient (Wildman–Crippen LogP) is 1.87. The SMILES string of the molecule is O=C(Cc1ccc(F)cc1)NNS(=O)(=O)c1ccc2c(c1)CCC2. The number of fused-ring (bicyclic) bond motifs is 1. The van der Waals surface area contributed by atoms with Crippen molar-refractivity contribution in [1.82, 2.24) is 10.3 Å². The maximum absolute atomic E-state index is 12.8. The van der Waals surface area contributed by atoms with Gasteiger partial charge >= 0.3 is 0 Å². The monoisotopic (exact) mass is 348 g/mol. The first kappa shape index (κ1) is 16.6. The molecule has 2 aromatic carbocycles. The molecule has 2 N–H and O–H groups in total. The van der Waals surface area contributed by atoms with Crippen LogP contribution in [0.3, 0.4) is 0 Å². The third kappa shape index (κ3) is 3.80.